The zero-order chi connectivity index (χ0) is 10.5. The van der Waals surface area contributed by atoms with Crippen molar-refractivity contribution in [2.75, 3.05) is 26.4 Å². The summed E-state index contributed by atoms with van der Waals surface area (Å²) in [4.78, 5) is 0. The third-order valence-electron chi connectivity index (χ3n) is 1.29. The second-order valence-electron chi connectivity index (χ2n) is 2.73. The first-order valence-corrected chi connectivity index (χ1v) is 4.76. The van der Waals surface area contributed by atoms with Gasteiger partial charge < -0.3 is 20.7 Å². The van der Waals surface area contributed by atoms with E-state index in [4.69, 9.17) is 20.7 Å². The summed E-state index contributed by atoms with van der Waals surface area (Å²) in [5.41, 5.74) is 4.78. The molecule has 0 aliphatic heterocycles. The molecule has 82 valence electrons. The monoisotopic (exact) mass is 193 g/mol. The van der Waals surface area contributed by atoms with Crippen LogP contribution in [0, 0.1) is 0 Å². The van der Waals surface area contributed by atoms with Gasteiger partial charge in [0.05, 0.1) is 19.3 Å². The molecular weight excluding hydrogens is 170 g/mol. The molecule has 0 rings (SSSR count). The molecule has 0 saturated heterocycles. The first-order chi connectivity index (χ1) is 6.22. The summed E-state index contributed by atoms with van der Waals surface area (Å²) in [5.74, 6) is 0. The Morgan fingerprint density at radius 3 is 2.23 bits per heavy atom. The van der Waals surface area contributed by atoms with Gasteiger partial charge in [-0.3, -0.25) is 0 Å². The lowest BCUT2D eigenvalue weighted by atomic mass is 10.3. The lowest BCUT2D eigenvalue weighted by molar-refractivity contribution is 0.0237. The third-order valence-corrected chi connectivity index (χ3v) is 1.29. The van der Waals surface area contributed by atoms with Crippen molar-refractivity contribution in [1.29, 1.82) is 0 Å². The van der Waals surface area contributed by atoms with Gasteiger partial charge in [0.2, 0.25) is 0 Å². The average Bonchev–Trinajstić information content (AvgIpc) is 2.18. The molecule has 1 unspecified atom stereocenters. The molecule has 0 radical (unpaired) electrons. The zero-order valence-corrected chi connectivity index (χ0v) is 8.70. The SMILES string of the molecule is CCCCOC(C)CO.NCCO. The van der Waals surface area contributed by atoms with E-state index in [0.717, 1.165) is 19.4 Å². The highest BCUT2D eigenvalue weighted by Crippen LogP contribution is 1.92. The Morgan fingerprint density at radius 1 is 1.38 bits per heavy atom. The highest BCUT2D eigenvalue weighted by molar-refractivity contribution is 4.43. The minimum atomic E-state index is 0.0107. The average molecular weight is 193 g/mol. The maximum Gasteiger partial charge on any atom is 0.0777 e. The van der Waals surface area contributed by atoms with E-state index in [1.807, 2.05) is 6.92 Å². The zero-order valence-electron chi connectivity index (χ0n) is 8.70. The van der Waals surface area contributed by atoms with E-state index in [9.17, 15) is 0 Å². The lowest BCUT2D eigenvalue weighted by Gasteiger charge is -2.07. The maximum absolute atomic E-state index is 8.51. The molecule has 0 saturated carbocycles. The Hall–Kier alpha value is -0.160. The summed E-state index contributed by atoms with van der Waals surface area (Å²) in [6.07, 6.45) is 2.25. The summed E-state index contributed by atoms with van der Waals surface area (Å²) < 4.78 is 5.18. The standard InChI is InChI=1S/C7H16O2.C2H7NO/c1-3-4-5-9-7(2)6-8;3-1-2-4/h7-8H,3-6H2,1-2H3;4H,1-3H2. The van der Waals surface area contributed by atoms with Gasteiger partial charge in [0.15, 0.2) is 0 Å². The highest BCUT2D eigenvalue weighted by Gasteiger charge is 1.96. The van der Waals surface area contributed by atoms with Crippen LogP contribution in [0.25, 0.3) is 0 Å². The molecule has 0 aliphatic carbocycles. The summed E-state index contributed by atoms with van der Waals surface area (Å²) in [6, 6.07) is 0. The van der Waals surface area contributed by atoms with Crippen molar-refractivity contribution < 1.29 is 14.9 Å². The van der Waals surface area contributed by atoms with Gasteiger partial charge in [0.25, 0.3) is 0 Å². The summed E-state index contributed by atoms with van der Waals surface area (Å²) in [5, 5.41) is 16.3. The highest BCUT2D eigenvalue weighted by atomic mass is 16.5. The Bertz CT molecular complexity index is 79.3. The minimum absolute atomic E-state index is 0.0107. The molecule has 0 aromatic heterocycles. The number of unbranched alkanes of at least 4 members (excludes halogenated alkanes) is 1. The Morgan fingerprint density at radius 2 is 1.92 bits per heavy atom. The summed E-state index contributed by atoms with van der Waals surface area (Å²) in [7, 11) is 0. The Labute approximate surface area is 80.7 Å². The molecule has 1 atom stereocenters. The molecule has 0 aliphatic rings. The normalized spacial score (nSPS) is 11.8. The van der Waals surface area contributed by atoms with Crippen LogP contribution >= 0.6 is 0 Å². The van der Waals surface area contributed by atoms with Crippen LogP contribution in [0.15, 0.2) is 0 Å². The van der Waals surface area contributed by atoms with Gasteiger partial charge in [-0.25, -0.2) is 0 Å². The molecule has 4 nitrogen and oxygen atoms in total. The fourth-order valence-electron chi connectivity index (χ4n) is 0.482. The van der Waals surface area contributed by atoms with Crippen LogP contribution in [0.4, 0.5) is 0 Å². The topological polar surface area (TPSA) is 75.7 Å². The molecule has 0 amide bonds. The summed E-state index contributed by atoms with van der Waals surface area (Å²) >= 11 is 0. The van der Waals surface area contributed by atoms with Crippen LogP contribution in [0.5, 0.6) is 0 Å². The Balaban J connectivity index is 0. The smallest absolute Gasteiger partial charge is 0.0777 e. The van der Waals surface area contributed by atoms with Gasteiger partial charge in [0.1, 0.15) is 0 Å². The number of rotatable bonds is 6. The minimum Gasteiger partial charge on any atom is -0.395 e. The first kappa shape index (κ1) is 15.3. The molecule has 0 aromatic carbocycles. The number of ether oxygens (including phenoxy) is 1. The molecule has 0 aromatic rings. The van der Waals surface area contributed by atoms with Crippen LogP contribution in [-0.4, -0.2) is 42.7 Å². The van der Waals surface area contributed by atoms with Crippen molar-refractivity contribution in [3.63, 3.8) is 0 Å². The van der Waals surface area contributed by atoms with E-state index in [0.29, 0.717) is 6.54 Å². The Kier molecular flexibility index (Phi) is 16.9. The lowest BCUT2D eigenvalue weighted by Crippen LogP contribution is -2.13. The van der Waals surface area contributed by atoms with Crippen molar-refractivity contribution in [1.82, 2.24) is 0 Å². The van der Waals surface area contributed by atoms with Gasteiger partial charge in [-0.2, -0.15) is 0 Å². The van der Waals surface area contributed by atoms with Crippen molar-refractivity contribution in [2.24, 2.45) is 5.73 Å². The van der Waals surface area contributed by atoms with E-state index in [1.54, 1.807) is 0 Å². The molecule has 4 N–H and O–H groups in total. The second-order valence-corrected chi connectivity index (χ2v) is 2.73. The molecule has 13 heavy (non-hydrogen) atoms. The van der Waals surface area contributed by atoms with Gasteiger partial charge in [-0.15, -0.1) is 0 Å². The van der Waals surface area contributed by atoms with E-state index >= 15 is 0 Å². The predicted molar refractivity (Wildman–Crippen MR) is 53.5 cm³/mol. The molecule has 0 bridgehead atoms. The fourth-order valence-corrected chi connectivity index (χ4v) is 0.482. The number of nitrogens with two attached hydrogens (primary N) is 1. The number of aliphatic hydroxyl groups is 2. The van der Waals surface area contributed by atoms with Crippen LogP contribution in [0.1, 0.15) is 26.7 Å². The van der Waals surface area contributed by atoms with Gasteiger partial charge in [0, 0.05) is 13.2 Å². The maximum atomic E-state index is 8.51. The molecule has 0 fully saturated rings. The van der Waals surface area contributed by atoms with E-state index in [2.05, 4.69) is 6.92 Å². The first-order valence-electron chi connectivity index (χ1n) is 4.76. The van der Waals surface area contributed by atoms with Crippen molar-refractivity contribution in [3.8, 4) is 0 Å². The van der Waals surface area contributed by atoms with Crippen LogP contribution in [0.3, 0.4) is 0 Å². The van der Waals surface area contributed by atoms with Crippen molar-refractivity contribution in [3.05, 3.63) is 0 Å². The van der Waals surface area contributed by atoms with E-state index in [-0.39, 0.29) is 19.3 Å². The summed E-state index contributed by atoms with van der Waals surface area (Å²) in [6.45, 7) is 5.37. The molecular formula is C9H23NO3. The number of aliphatic hydroxyl groups excluding tert-OH is 2. The molecule has 0 heterocycles. The fraction of sp³-hybridized carbons (Fsp3) is 1.00. The second kappa shape index (κ2) is 14.4. The molecule has 0 spiro atoms. The van der Waals surface area contributed by atoms with Crippen molar-refractivity contribution in [2.45, 2.75) is 32.8 Å². The van der Waals surface area contributed by atoms with Gasteiger partial charge in [-0.05, 0) is 13.3 Å². The number of hydrogen-bond acceptors (Lipinski definition) is 4. The largest absolute Gasteiger partial charge is 0.395 e. The third kappa shape index (κ3) is 18.7. The van der Waals surface area contributed by atoms with Gasteiger partial charge in [-0.1, -0.05) is 13.3 Å². The van der Waals surface area contributed by atoms with Gasteiger partial charge >= 0.3 is 0 Å². The van der Waals surface area contributed by atoms with E-state index < -0.39 is 0 Å². The number of hydrogen-bond donors (Lipinski definition) is 3. The predicted octanol–water partition coefficient (Wildman–Crippen LogP) is 0.121. The van der Waals surface area contributed by atoms with Crippen LogP contribution < -0.4 is 5.73 Å². The molecule has 4 heteroatoms. The quantitative estimate of drug-likeness (QED) is 0.524. The van der Waals surface area contributed by atoms with Crippen molar-refractivity contribution >= 4 is 0 Å². The van der Waals surface area contributed by atoms with Crippen LogP contribution in [0.2, 0.25) is 0 Å². The van der Waals surface area contributed by atoms with E-state index in [1.165, 1.54) is 0 Å². The van der Waals surface area contributed by atoms with Crippen LogP contribution in [-0.2, 0) is 4.74 Å².